The van der Waals surface area contributed by atoms with Crippen molar-refractivity contribution in [3.8, 4) is 5.75 Å². The lowest BCUT2D eigenvalue weighted by Gasteiger charge is -2.34. The third-order valence-corrected chi connectivity index (χ3v) is 4.12. The van der Waals surface area contributed by atoms with Crippen molar-refractivity contribution in [2.45, 2.75) is 65.1 Å². The SMILES string of the molecule is CC(C)Oc1ccc(C(C)NC(C)C2CCC2)cc1. The van der Waals surface area contributed by atoms with E-state index in [-0.39, 0.29) is 6.10 Å². The van der Waals surface area contributed by atoms with E-state index >= 15 is 0 Å². The summed E-state index contributed by atoms with van der Waals surface area (Å²) in [6, 6.07) is 9.51. The van der Waals surface area contributed by atoms with Crippen LogP contribution >= 0.6 is 0 Å². The molecule has 1 N–H and O–H groups in total. The first-order valence-electron chi connectivity index (χ1n) is 7.59. The van der Waals surface area contributed by atoms with Gasteiger partial charge in [-0.15, -0.1) is 0 Å². The molecule has 0 aromatic heterocycles. The van der Waals surface area contributed by atoms with Crippen LogP contribution in [-0.4, -0.2) is 12.1 Å². The largest absolute Gasteiger partial charge is 0.491 e. The van der Waals surface area contributed by atoms with E-state index in [0.29, 0.717) is 12.1 Å². The highest BCUT2D eigenvalue weighted by atomic mass is 16.5. The van der Waals surface area contributed by atoms with Gasteiger partial charge in [0.15, 0.2) is 0 Å². The molecule has 0 bridgehead atoms. The lowest BCUT2D eigenvalue weighted by molar-refractivity contribution is 0.229. The average molecular weight is 261 g/mol. The molecule has 0 amide bonds. The molecule has 2 rings (SSSR count). The topological polar surface area (TPSA) is 21.3 Å². The van der Waals surface area contributed by atoms with E-state index < -0.39 is 0 Å². The fourth-order valence-electron chi connectivity index (χ4n) is 2.67. The van der Waals surface area contributed by atoms with Crippen molar-refractivity contribution in [2.24, 2.45) is 5.92 Å². The van der Waals surface area contributed by atoms with Crippen molar-refractivity contribution in [2.75, 3.05) is 0 Å². The summed E-state index contributed by atoms with van der Waals surface area (Å²) in [6.45, 7) is 8.67. The predicted molar refractivity (Wildman–Crippen MR) is 80.6 cm³/mol. The molecule has 1 aliphatic rings. The van der Waals surface area contributed by atoms with Gasteiger partial charge in [-0.1, -0.05) is 18.6 Å². The number of nitrogens with one attached hydrogen (secondary N) is 1. The predicted octanol–water partition coefficient (Wildman–Crippen LogP) is 4.31. The van der Waals surface area contributed by atoms with Gasteiger partial charge in [0.2, 0.25) is 0 Å². The molecule has 1 saturated carbocycles. The Labute approximate surface area is 117 Å². The van der Waals surface area contributed by atoms with Crippen LogP contribution in [0.1, 0.15) is 58.6 Å². The first-order chi connectivity index (χ1) is 9.06. The summed E-state index contributed by atoms with van der Waals surface area (Å²) in [5.41, 5.74) is 1.34. The highest BCUT2D eigenvalue weighted by molar-refractivity contribution is 5.29. The van der Waals surface area contributed by atoms with Gasteiger partial charge in [-0.2, -0.15) is 0 Å². The van der Waals surface area contributed by atoms with E-state index in [1.165, 1.54) is 24.8 Å². The highest BCUT2D eigenvalue weighted by Crippen LogP contribution is 2.30. The molecule has 1 aliphatic carbocycles. The molecule has 1 aromatic carbocycles. The molecular formula is C17H27NO. The Hall–Kier alpha value is -1.02. The first kappa shape index (κ1) is 14.4. The van der Waals surface area contributed by atoms with Gasteiger partial charge in [0, 0.05) is 12.1 Å². The monoisotopic (exact) mass is 261 g/mol. The summed E-state index contributed by atoms with van der Waals surface area (Å²) >= 11 is 0. The van der Waals surface area contributed by atoms with Crippen molar-refractivity contribution >= 4 is 0 Å². The minimum absolute atomic E-state index is 0.236. The molecule has 2 atom stereocenters. The first-order valence-corrected chi connectivity index (χ1v) is 7.59. The van der Waals surface area contributed by atoms with Crippen LogP contribution in [0.4, 0.5) is 0 Å². The summed E-state index contributed by atoms with van der Waals surface area (Å²) < 4.78 is 5.67. The number of hydrogen-bond acceptors (Lipinski definition) is 2. The van der Waals surface area contributed by atoms with Crippen LogP contribution in [0.15, 0.2) is 24.3 Å². The molecule has 2 unspecified atom stereocenters. The van der Waals surface area contributed by atoms with Crippen molar-refractivity contribution in [3.63, 3.8) is 0 Å². The Kier molecular flexibility index (Phi) is 4.87. The van der Waals surface area contributed by atoms with Crippen LogP contribution in [0.3, 0.4) is 0 Å². The average Bonchev–Trinajstić information content (AvgIpc) is 2.26. The molecule has 2 heteroatoms. The van der Waals surface area contributed by atoms with E-state index in [4.69, 9.17) is 4.74 Å². The zero-order valence-electron chi connectivity index (χ0n) is 12.6. The quantitative estimate of drug-likeness (QED) is 0.823. The summed E-state index contributed by atoms with van der Waals surface area (Å²) in [7, 11) is 0. The Bertz CT molecular complexity index is 381. The second-order valence-electron chi connectivity index (χ2n) is 6.10. The fourth-order valence-corrected chi connectivity index (χ4v) is 2.67. The van der Waals surface area contributed by atoms with Gasteiger partial charge in [0.05, 0.1) is 6.10 Å². The van der Waals surface area contributed by atoms with Gasteiger partial charge in [0.1, 0.15) is 5.75 Å². The molecule has 0 radical (unpaired) electrons. The van der Waals surface area contributed by atoms with Gasteiger partial charge in [-0.3, -0.25) is 0 Å². The molecule has 106 valence electrons. The smallest absolute Gasteiger partial charge is 0.119 e. The molecule has 1 fully saturated rings. The van der Waals surface area contributed by atoms with Gasteiger partial charge in [-0.25, -0.2) is 0 Å². The maximum Gasteiger partial charge on any atom is 0.119 e. The lowest BCUT2D eigenvalue weighted by atomic mass is 9.80. The minimum Gasteiger partial charge on any atom is -0.491 e. The molecule has 0 heterocycles. The number of rotatable bonds is 6. The number of ether oxygens (including phenoxy) is 1. The van der Waals surface area contributed by atoms with Crippen molar-refractivity contribution < 1.29 is 4.74 Å². The zero-order chi connectivity index (χ0) is 13.8. The van der Waals surface area contributed by atoms with E-state index in [0.717, 1.165) is 11.7 Å². The Balaban J connectivity index is 1.89. The van der Waals surface area contributed by atoms with E-state index in [9.17, 15) is 0 Å². The summed E-state index contributed by atoms with van der Waals surface area (Å²) in [6.07, 6.45) is 4.43. The maximum absolute atomic E-state index is 5.67. The van der Waals surface area contributed by atoms with Crippen LogP contribution < -0.4 is 10.1 Å². The Morgan fingerprint density at radius 3 is 2.16 bits per heavy atom. The van der Waals surface area contributed by atoms with E-state index in [1.54, 1.807) is 0 Å². The van der Waals surface area contributed by atoms with Gasteiger partial charge in [-0.05, 0) is 64.2 Å². The van der Waals surface area contributed by atoms with E-state index in [2.05, 4.69) is 57.3 Å². The van der Waals surface area contributed by atoms with Gasteiger partial charge < -0.3 is 10.1 Å². The molecule has 2 nitrogen and oxygen atoms in total. The molecular weight excluding hydrogens is 234 g/mol. The third kappa shape index (κ3) is 3.97. The number of benzene rings is 1. The maximum atomic E-state index is 5.67. The van der Waals surface area contributed by atoms with Crippen molar-refractivity contribution in [1.82, 2.24) is 5.32 Å². The minimum atomic E-state index is 0.236. The Morgan fingerprint density at radius 1 is 1.05 bits per heavy atom. The van der Waals surface area contributed by atoms with Gasteiger partial charge >= 0.3 is 0 Å². The third-order valence-electron chi connectivity index (χ3n) is 4.12. The normalized spacial score (nSPS) is 19.0. The van der Waals surface area contributed by atoms with Crippen molar-refractivity contribution in [1.29, 1.82) is 0 Å². The molecule has 0 saturated heterocycles. The molecule has 0 aliphatic heterocycles. The summed E-state index contributed by atoms with van der Waals surface area (Å²) in [5.74, 6) is 1.84. The highest BCUT2D eigenvalue weighted by Gasteiger charge is 2.24. The summed E-state index contributed by atoms with van der Waals surface area (Å²) in [5, 5.41) is 3.72. The summed E-state index contributed by atoms with van der Waals surface area (Å²) in [4.78, 5) is 0. The second kappa shape index (κ2) is 6.42. The Morgan fingerprint density at radius 2 is 1.68 bits per heavy atom. The zero-order valence-corrected chi connectivity index (χ0v) is 12.6. The van der Waals surface area contributed by atoms with Crippen LogP contribution in [-0.2, 0) is 0 Å². The van der Waals surface area contributed by atoms with Crippen LogP contribution in [0, 0.1) is 5.92 Å². The lowest BCUT2D eigenvalue weighted by Crippen LogP contribution is -2.38. The molecule has 0 spiro atoms. The van der Waals surface area contributed by atoms with Crippen LogP contribution in [0.2, 0.25) is 0 Å². The van der Waals surface area contributed by atoms with Crippen molar-refractivity contribution in [3.05, 3.63) is 29.8 Å². The fraction of sp³-hybridized carbons (Fsp3) is 0.647. The molecule has 1 aromatic rings. The van der Waals surface area contributed by atoms with E-state index in [1.807, 2.05) is 0 Å². The standard InChI is InChI=1S/C17H27NO/c1-12(2)19-17-10-8-16(9-11-17)14(4)18-13(3)15-6-5-7-15/h8-15,18H,5-7H2,1-4H3. The van der Waals surface area contributed by atoms with Gasteiger partial charge in [0.25, 0.3) is 0 Å². The number of hydrogen-bond donors (Lipinski definition) is 1. The van der Waals surface area contributed by atoms with Crippen LogP contribution in [0.5, 0.6) is 5.75 Å². The molecule has 19 heavy (non-hydrogen) atoms. The van der Waals surface area contributed by atoms with Crippen LogP contribution in [0.25, 0.3) is 0 Å². The second-order valence-corrected chi connectivity index (χ2v) is 6.10.